The van der Waals surface area contributed by atoms with Crippen molar-refractivity contribution in [2.45, 2.75) is 53.1 Å². The molecule has 0 amide bonds. The molecule has 2 aromatic rings. The van der Waals surface area contributed by atoms with Gasteiger partial charge >= 0.3 is 0 Å². The number of nitrogens with zero attached hydrogens (tertiary/aromatic N) is 1. The Balaban J connectivity index is 1.35. The average molecular weight is 525 g/mol. The van der Waals surface area contributed by atoms with Crippen molar-refractivity contribution in [3.8, 4) is 5.75 Å². The minimum absolute atomic E-state index is 0.00746. The standard InChI is InChI=1S/C33H37N3O3/c1-20-9-7-15-36(19-20)16-8-14-34-25-18-27-30(35-24-13-12-21(33(2,3)4)17-26(24)39-27)29-28(25)31(37)22-10-5-6-11-23(22)32(29)38/h5-6,10-13,17-18,20,26,34H,7-9,14-16,19H2,1-4H3/p+1/t20-,26?/m0/s1. The highest BCUT2D eigenvalue weighted by molar-refractivity contribution is 6.32. The number of fused-ring (bicyclic) bond motifs is 5. The normalized spacial score (nSPS) is 22.2. The van der Waals surface area contributed by atoms with Crippen molar-refractivity contribution in [3.63, 3.8) is 0 Å². The fourth-order valence-corrected chi connectivity index (χ4v) is 6.22. The number of anilines is 1. The van der Waals surface area contributed by atoms with Crippen LogP contribution in [0.5, 0.6) is 5.75 Å². The van der Waals surface area contributed by atoms with Gasteiger partial charge in [-0.25, -0.2) is 4.99 Å². The van der Waals surface area contributed by atoms with Crippen LogP contribution in [0.25, 0.3) is 0 Å². The summed E-state index contributed by atoms with van der Waals surface area (Å²) < 4.78 is 6.51. The summed E-state index contributed by atoms with van der Waals surface area (Å²) in [5, 5.41) is 3.52. The third kappa shape index (κ3) is 4.76. The Bertz CT molecular complexity index is 1440. The number of benzene rings is 2. The van der Waals surface area contributed by atoms with E-state index in [0.717, 1.165) is 37.7 Å². The molecule has 6 rings (SSSR count). The van der Waals surface area contributed by atoms with E-state index in [0.29, 0.717) is 45.9 Å². The molecular weight excluding hydrogens is 486 g/mol. The van der Waals surface area contributed by atoms with Crippen molar-refractivity contribution < 1.29 is 19.3 Å². The zero-order chi connectivity index (χ0) is 27.3. The Morgan fingerprint density at radius 1 is 1.08 bits per heavy atom. The number of carbonyl (C=O) groups excluding carboxylic acids is 2. The third-order valence-electron chi connectivity index (χ3n) is 8.34. The van der Waals surface area contributed by atoms with E-state index < -0.39 is 0 Å². The first kappa shape index (κ1) is 25.8. The number of rotatable bonds is 5. The van der Waals surface area contributed by atoms with Crippen molar-refractivity contribution in [2.24, 2.45) is 11.3 Å². The summed E-state index contributed by atoms with van der Waals surface area (Å²) in [7, 11) is 0. The summed E-state index contributed by atoms with van der Waals surface area (Å²) in [5.74, 6) is 1.06. The van der Waals surface area contributed by atoms with E-state index in [9.17, 15) is 9.59 Å². The molecule has 0 radical (unpaired) electrons. The van der Waals surface area contributed by atoms with Gasteiger partial charge in [0.1, 0.15) is 5.56 Å². The van der Waals surface area contributed by atoms with E-state index in [1.807, 2.05) is 24.3 Å². The number of carbonyl (C=O) groups is 2. The topological polar surface area (TPSA) is 72.6 Å². The van der Waals surface area contributed by atoms with Crippen molar-refractivity contribution in [3.05, 3.63) is 76.4 Å². The summed E-state index contributed by atoms with van der Waals surface area (Å²) in [4.78, 5) is 33.7. The molecule has 0 bridgehead atoms. The lowest BCUT2D eigenvalue weighted by Gasteiger charge is -2.31. The smallest absolute Gasteiger partial charge is 0.258 e. The molecule has 1 unspecified atom stereocenters. The molecule has 0 spiro atoms. The summed E-state index contributed by atoms with van der Waals surface area (Å²) in [5.41, 5.74) is 5.03. The SMILES string of the molecule is C[C@H]1CCCN(CCCNc2cc3c(c4c2C(=O)c2ccccc2C4=O)[NH+]=C2C=CC(C(C)(C)C)=CC2O3)C1. The average Bonchev–Trinajstić information content (AvgIpc) is 2.91. The molecule has 6 heteroatoms. The number of hydrogen-bond donors (Lipinski definition) is 2. The van der Waals surface area contributed by atoms with E-state index in [1.165, 1.54) is 18.4 Å². The van der Waals surface area contributed by atoms with E-state index >= 15 is 0 Å². The lowest BCUT2D eigenvalue weighted by molar-refractivity contribution is -0.362. The first-order valence-corrected chi connectivity index (χ1v) is 14.3. The largest absolute Gasteiger partial charge is 0.468 e. The van der Waals surface area contributed by atoms with Crippen molar-refractivity contribution in [1.82, 2.24) is 4.90 Å². The van der Waals surface area contributed by atoms with E-state index in [-0.39, 0.29) is 23.1 Å². The van der Waals surface area contributed by atoms with E-state index in [2.05, 4.69) is 55.1 Å². The van der Waals surface area contributed by atoms with Gasteiger partial charge in [-0.2, -0.15) is 0 Å². The van der Waals surface area contributed by atoms with Gasteiger partial charge < -0.3 is 15.0 Å². The predicted octanol–water partition coefficient (Wildman–Crippen LogP) is 4.45. The molecule has 2 N–H and O–H groups in total. The van der Waals surface area contributed by atoms with Gasteiger partial charge in [0.25, 0.3) is 5.69 Å². The number of ether oxygens (including phenoxy) is 1. The molecule has 4 aliphatic rings. The monoisotopic (exact) mass is 524 g/mol. The Morgan fingerprint density at radius 2 is 1.82 bits per heavy atom. The summed E-state index contributed by atoms with van der Waals surface area (Å²) >= 11 is 0. The van der Waals surface area contributed by atoms with Crippen LogP contribution in [-0.4, -0.2) is 54.5 Å². The highest BCUT2D eigenvalue weighted by atomic mass is 16.5. The molecule has 2 aliphatic carbocycles. The second kappa shape index (κ2) is 9.91. The second-order valence-electron chi connectivity index (χ2n) is 12.4. The number of hydrogen-bond acceptors (Lipinski definition) is 5. The lowest BCUT2D eigenvalue weighted by atomic mass is 9.81. The minimum Gasteiger partial charge on any atom is -0.468 e. The summed E-state index contributed by atoms with van der Waals surface area (Å²) in [6.07, 6.45) is 9.51. The van der Waals surface area contributed by atoms with Crippen molar-refractivity contribution in [2.75, 3.05) is 31.5 Å². The van der Waals surface area contributed by atoms with Crippen molar-refractivity contribution in [1.29, 1.82) is 0 Å². The van der Waals surface area contributed by atoms with E-state index in [4.69, 9.17) is 4.74 Å². The Labute approximate surface area is 230 Å². The van der Waals surface area contributed by atoms with Crippen molar-refractivity contribution >= 4 is 28.7 Å². The number of ketones is 2. The Morgan fingerprint density at radius 3 is 2.54 bits per heavy atom. The number of allylic oxidation sites excluding steroid dienone is 2. The van der Waals surface area contributed by atoms with Crippen LogP contribution in [0.1, 0.15) is 78.8 Å². The molecule has 6 nitrogen and oxygen atoms in total. The zero-order valence-electron chi connectivity index (χ0n) is 23.4. The molecule has 0 saturated carbocycles. The quantitative estimate of drug-likeness (QED) is 0.483. The van der Waals surface area contributed by atoms with Gasteiger partial charge in [0.2, 0.25) is 17.6 Å². The van der Waals surface area contributed by atoms with Gasteiger partial charge in [0.05, 0.1) is 11.3 Å². The minimum atomic E-state index is -0.273. The van der Waals surface area contributed by atoms with Crippen LogP contribution in [0, 0.1) is 11.3 Å². The number of nitrogens with one attached hydrogen (secondary N) is 2. The molecule has 0 aromatic heterocycles. The molecule has 1 fully saturated rings. The van der Waals surface area contributed by atoms with Crippen LogP contribution in [0.4, 0.5) is 11.4 Å². The Kier molecular flexibility index (Phi) is 6.54. The van der Waals surface area contributed by atoms with Gasteiger partial charge in [-0.05, 0) is 55.3 Å². The van der Waals surface area contributed by atoms with Crippen LogP contribution in [-0.2, 0) is 0 Å². The number of likely N-dealkylation sites (tertiary alicyclic amines) is 1. The molecule has 2 atom stereocenters. The van der Waals surface area contributed by atoms with Crippen LogP contribution in [0.2, 0.25) is 0 Å². The highest BCUT2D eigenvalue weighted by Gasteiger charge is 2.41. The lowest BCUT2D eigenvalue weighted by Crippen LogP contribution is -2.72. The van der Waals surface area contributed by atoms with Gasteiger partial charge in [0.15, 0.2) is 11.5 Å². The predicted molar refractivity (Wildman–Crippen MR) is 154 cm³/mol. The van der Waals surface area contributed by atoms with Crippen LogP contribution in [0.3, 0.4) is 0 Å². The number of piperidine rings is 1. The van der Waals surface area contributed by atoms with Crippen LogP contribution >= 0.6 is 0 Å². The van der Waals surface area contributed by atoms with Gasteiger partial charge in [-0.15, -0.1) is 0 Å². The van der Waals surface area contributed by atoms with Gasteiger partial charge in [-0.1, -0.05) is 58.0 Å². The molecule has 202 valence electrons. The first-order valence-electron chi connectivity index (χ1n) is 14.3. The highest BCUT2D eigenvalue weighted by Crippen LogP contribution is 2.42. The maximum atomic E-state index is 13.9. The maximum Gasteiger partial charge on any atom is 0.258 e. The van der Waals surface area contributed by atoms with E-state index in [1.54, 1.807) is 12.1 Å². The zero-order valence-corrected chi connectivity index (χ0v) is 23.4. The second-order valence-corrected chi connectivity index (χ2v) is 12.4. The molecule has 2 heterocycles. The molecule has 39 heavy (non-hydrogen) atoms. The Hall–Kier alpha value is -3.51. The maximum absolute atomic E-state index is 13.9. The summed E-state index contributed by atoms with van der Waals surface area (Å²) in [6, 6.07) is 9.01. The molecule has 2 aromatic carbocycles. The molecule has 1 saturated heterocycles. The fourth-order valence-electron chi connectivity index (χ4n) is 6.22. The first-order chi connectivity index (χ1) is 18.7. The van der Waals surface area contributed by atoms with Crippen LogP contribution < -0.4 is 15.0 Å². The third-order valence-corrected chi connectivity index (χ3v) is 8.34. The van der Waals surface area contributed by atoms with Gasteiger partial charge in [-0.3, -0.25) is 9.59 Å². The fraction of sp³-hybridized carbons (Fsp3) is 0.424. The van der Waals surface area contributed by atoms with Crippen LogP contribution in [0.15, 0.2) is 54.1 Å². The van der Waals surface area contributed by atoms with Gasteiger partial charge in [0, 0.05) is 36.4 Å². The summed E-state index contributed by atoms with van der Waals surface area (Å²) in [6.45, 7) is 12.9. The molecule has 2 aliphatic heterocycles. The molecular formula is C33H38N3O3+.